The third kappa shape index (κ3) is 4.82. The van der Waals surface area contributed by atoms with Crippen LogP contribution in [0.25, 0.3) is 0 Å². The number of rotatable bonds is 2. The molecule has 58 valence electrons. The van der Waals surface area contributed by atoms with Gasteiger partial charge in [-0.3, -0.25) is 4.57 Å². The van der Waals surface area contributed by atoms with Crippen molar-refractivity contribution in [3.63, 3.8) is 0 Å². The van der Waals surface area contributed by atoms with Crippen LogP contribution in [0.15, 0.2) is 0 Å². The maximum absolute atomic E-state index is 10.1. The maximum atomic E-state index is 10.1. The van der Waals surface area contributed by atoms with Gasteiger partial charge in [-0.25, -0.2) is 0 Å². The third-order valence-corrected chi connectivity index (χ3v) is 1.90. The predicted octanol–water partition coefficient (Wildman–Crippen LogP) is -1.79. The minimum absolute atomic E-state index is 0. The minimum atomic E-state index is -4.51. The first kappa shape index (κ1) is 13.6. The fourth-order valence-corrected chi connectivity index (χ4v) is 0.843. The topological polar surface area (TPSA) is 98.0 Å². The summed E-state index contributed by atoms with van der Waals surface area (Å²) in [6, 6.07) is 0. The van der Waals surface area contributed by atoms with E-state index in [-0.39, 0.29) is 29.6 Å². The van der Waals surface area contributed by atoms with Crippen LogP contribution in [-0.2, 0) is 4.57 Å². The molecule has 0 aromatic heterocycles. The number of aliphatic hydroxyl groups is 2. The quantitative estimate of drug-likeness (QED) is 0.297. The molecule has 0 amide bonds. The summed E-state index contributed by atoms with van der Waals surface area (Å²) in [5.74, 6) is -1.96. The van der Waals surface area contributed by atoms with Crippen LogP contribution in [0, 0.1) is 0 Å². The fourth-order valence-electron chi connectivity index (χ4n) is 0.281. The Balaban J connectivity index is 0. The molecule has 0 fully saturated rings. The first-order chi connectivity index (χ1) is 3.85. The van der Waals surface area contributed by atoms with Crippen LogP contribution in [0.2, 0.25) is 0 Å². The zero-order valence-electron chi connectivity index (χ0n) is 4.80. The van der Waals surface area contributed by atoms with Gasteiger partial charge in [-0.05, 0) is 6.92 Å². The van der Waals surface area contributed by atoms with Gasteiger partial charge in [-0.1, -0.05) is 0 Å². The zero-order valence-corrected chi connectivity index (χ0v) is 5.69. The summed E-state index contributed by atoms with van der Waals surface area (Å²) in [6.07, 6.45) is -1.40. The monoisotopic (exact) mass is 180 g/mol. The average molecular weight is 180 g/mol. The molecule has 10 heavy (non-hydrogen) atoms. The van der Waals surface area contributed by atoms with Gasteiger partial charge < -0.3 is 20.0 Å². The Morgan fingerprint density at radius 3 is 1.60 bits per heavy atom. The summed E-state index contributed by atoms with van der Waals surface area (Å²) >= 11 is 0. The Morgan fingerprint density at radius 1 is 1.30 bits per heavy atom. The molecular formula is C3H10NaO5P. The molecule has 0 radical (unpaired) electrons. The van der Waals surface area contributed by atoms with Crippen molar-refractivity contribution >= 4 is 37.2 Å². The van der Waals surface area contributed by atoms with E-state index in [0.717, 1.165) is 6.92 Å². The molecule has 7 heteroatoms. The van der Waals surface area contributed by atoms with Crippen molar-refractivity contribution in [3.05, 3.63) is 0 Å². The standard InChI is InChI=1S/C3H9O5P.Na.H/c1-2(4)3(5)9(6,7)8;;/h2-5H,1H3,(H2,6,7,8);;. The Kier molecular flexibility index (Phi) is 6.62. The van der Waals surface area contributed by atoms with E-state index in [1.807, 2.05) is 0 Å². The van der Waals surface area contributed by atoms with E-state index >= 15 is 0 Å². The molecule has 0 aromatic carbocycles. The Bertz CT molecular complexity index is 131. The Morgan fingerprint density at radius 2 is 1.60 bits per heavy atom. The summed E-state index contributed by atoms with van der Waals surface area (Å²) in [4.78, 5) is 16.3. The fraction of sp³-hybridized carbons (Fsp3) is 1.00. The van der Waals surface area contributed by atoms with E-state index in [0.29, 0.717) is 0 Å². The van der Waals surface area contributed by atoms with Crippen molar-refractivity contribution in [3.8, 4) is 0 Å². The van der Waals surface area contributed by atoms with Crippen molar-refractivity contribution in [1.82, 2.24) is 0 Å². The number of aliphatic hydroxyl groups excluding tert-OH is 2. The summed E-state index contributed by atoms with van der Waals surface area (Å²) in [7, 11) is -4.51. The molecule has 0 aliphatic rings. The second-order valence-electron chi connectivity index (χ2n) is 1.74. The summed E-state index contributed by atoms with van der Waals surface area (Å²) in [5.41, 5.74) is 0. The summed E-state index contributed by atoms with van der Waals surface area (Å²) in [5, 5.41) is 16.9. The van der Waals surface area contributed by atoms with Crippen LogP contribution in [0.1, 0.15) is 6.92 Å². The van der Waals surface area contributed by atoms with Crippen LogP contribution < -0.4 is 0 Å². The summed E-state index contributed by atoms with van der Waals surface area (Å²) in [6.45, 7) is 1.10. The summed E-state index contributed by atoms with van der Waals surface area (Å²) < 4.78 is 10.1. The van der Waals surface area contributed by atoms with Gasteiger partial charge in [-0.15, -0.1) is 0 Å². The van der Waals surface area contributed by atoms with Crippen LogP contribution in [-0.4, -0.2) is 61.5 Å². The molecule has 0 aliphatic carbocycles. The molecule has 2 unspecified atom stereocenters. The SMILES string of the molecule is CC(O)C(O)P(=O)(O)O.[NaH]. The van der Waals surface area contributed by atoms with Crippen molar-refractivity contribution in [2.24, 2.45) is 0 Å². The van der Waals surface area contributed by atoms with Crippen LogP contribution in [0.5, 0.6) is 0 Å². The van der Waals surface area contributed by atoms with Crippen LogP contribution in [0.4, 0.5) is 0 Å². The van der Waals surface area contributed by atoms with Crippen molar-refractivity contribution < 1.29 is 24.6 Å². The van der Waals surface area contributed by atoms with E-state index in [9.17, 15) is 4.57 Å². The van der Waals surface area contributed by atoms with Gasteiger partial charge in [0.05, 0.1) is 6.10 Å². The Hall–Kier alpha value is 1.07. The number of hydrogen-bond donors (Lipinski definition) is 4. The van der Waals surface area contributed by atoms with E-state index in [1.165, 1.54) is 0 Å². The normalized spacial score (nSPS) is 17.3. The van der Waals surface area contributed by atoms with Gasteiger partial charge in [0.1, 0.15) is 0 Å². The molecule has 0 spiro atoms. The van der Waals surface area contributed by atoms with Crippen molar-refractivity contribution in [2.45, 2.75) is 18.9 Å². The zero-order chi connectivity index (χ0) is 7.65. The first-order valence-corrected chi connectivity index (χ1v) is 3.95. The van der Waals surface area contributed by atoms with E-state index in [2.05, 4.69) is 0 Å². The van der Waals surface area contributed by atoms with Crippen molar-refractivity contribution in [1.29, 1.82) is 0 Å². The molecule has 0 saturated heterocycles. The molecule has 4 N–H and O–H groups in total. The van der Waals surface area contributed by atoms with Gasteiger partial charge in [0.15, 0.2) is 5.85 Å². The van der Waals surface area contributed by atoms with Gasteiger partial charge >= 0.3 is 37.2 Å². The molecule has 0 bridgehead atoms. The molecule has 0 saturated carbocycles. The molecule has 0 aromatic rings. The molecule has 5 nitrogen and oxygen atoms in total. The van der Waals surface area contributed by atoms with Gasteiger partial charge in [0.25, 0.3) is 0 Å². The van der Waals surface area contributed by atoms with Crippen LogP contribution in [0.3, 0.4) is 0 Å². The van der Waals surface area contributed by atoms with E-state index in [4.69, 9.17) is 20.0 Å². The second kappa shape index (κ2) is 4.85. The van der Waals surface area contributed by atoms with E-state index in [1.54, 1.807) is 0 Å². The average Bonchev–Trinajstić information content (AvgIpc) is 1.62. The number of hydrogen-bond acceptors (Lipinski definition) is 3. The predicted molar refractivity (Wildman–Crippen MR) is 36.9 cm³/mol. The Labute approximate surface area is 80.5 Å². The van der Waals surface area contributed by atoms with Gasteiger partial charge in [0, 0.05) is 0 Å². The molecule has 0 rings (SSSR count). The second-order valence-corrected chi connectivity index (χ2v) is 3.45. The van der Waals surface area contributed by atoms with Gasteiger partial charge in [0.2, 0.25) is 0 Å². The van der Waals surface area contributed by atoms with Gasteiger partial charge in [-0.2, -0.15) is 0 Å². The van der Waals surface area contributed by atoms with Crippen molar-refractivity contribution in [2.75, 3.05) is 0 Å². The van der Waals surface area contributed by atoms with E-state index < -0.39 is 19.5 Å². The molecule has 0 heterocycles. The molecular weight excluding hydrogens is 170 g/mol. The molecule has 2 atom stereocenters. The van der Waals surface area contributed by atoms with Crippen LogP contribution >= 0.6 is 7.60 Å². The molecule has 0 aliphatic heterocycles. The third-order valence-electron chi connectivity index (χ3n) is 0.776. The first-order valence-electron chi connectivity index (χ1n) is 2.27.